The van der Waals surface area contributed by atoms with Crippen LogP contribution in [0, 0.1) is 18.8 Å². The Balaban J connectivity index is 1.54. The number of hydrogen-bond donors (Lipinski definition) is 2. The van der Waals surface area contributed by atoms with Crippen molar-refractivity contribution >= 4 is 16.9 Å². The fourth-order valence-corrected chi connectivity index (χ4v) is 5.65. The molecule has 170 valence electrons. The molecule has 5 rings (SSSR count). The first-order chi connectivity index (χ1) is 16.0. The summed E-state index contributed by atoms with van der Waals surface area (Å²) in [6.07, 6.45) is 6.17. The summed E-state index contributed by atoms with van der Waals surface area (Å²) in [4.78, 5) is 17.3. The molecule has 0 saturated carbocycles. The Hall–Kier alpha value is -3.07. The summed E-state index contributed by atoms with van der Waals surface area (Å²) in [6, 6.07) is 11.9. The number of piperidine rings is 1. The topological polar surface area (TPSA) is 65.6 Å². The molecule has 2 aromatic carbocycles. The molecule has 0 amide bonds. The van der Waals surface area contributed by atoms with Crippen LogP contribution in [0.15, 0.2) is 42.6 Å². The Bertz CT molecular complexity index is 1240. The molecule has 0 unspecified atom stereocenters. The van der Waals surface area contributed by atoms with E-state index in [0.29, 0.717) is 5.56 Å². The van der Waals surface area contributed by atoms with E-state index in [-0.39, 0.29) is 11.6 Å². The minimum atomic E-state index is -0.894. The lowest BCUT2D eigenvalue weighted by molar-refractivity contribution is -0.0675. The molecule has 0 aliphatic carbocycles. The van der Waals surface area contributed by atoms with Gasteiger partial charge in [-0.1, -0.05) is 18.1 Å². The highest BCUT2D eigenvalue weighted by Gasteiger charge is 2.43. The molecule has 3 heterocycles. The zero-order chi connectivity index (χ0) is 23.0. The van der Waals surface area contributed by atoms with Crippen molar-refractivity contribution in [3.63, 3.8) is 0 Å². The monoisotopic (exact) mass is 442 g/mol. The lowest BCUT2D eigenvalue weighted by Gasteiger charge is -2.45. The molecule has 0 radical (unpaired) electrons. The van der Waals surface area contributed by atoms with E-state index in [9.17, 15) is 9.90 Å². The van der Waals surface area contributed by atoms with Gasteiger partial charge >= 0.3 is 5.97 Å². The zero-order valence-electron chi connectivity index (χ0n) is 19.3. The number of carboxylic acid groups (broad SMARTS) is 1. The van der Waals surface area contributed by atoms with Crippen molar-refractivity contribution < 1.29 is 14.6 Å². The molecule has 5 heteroatoms. The quantitative estimate of drug-likeness (QED) is 0.529. The van der Waals surface area contributed by atoms with Crippen LogP contribution >= 0.6 is 0 Å². The van der Waals surface area contributed by atoms with Crippen LogP contribution in [0.25, 0.3) is 10.9 Å². The fraction of sp³-hybridized carbons (Fsp3) is 0.393. The molecule has 1 spiro atoms. The standard InChI is InChI=1S/C28H30N2O3/c1-3-5-22-16-19(2)26-23(10-13-29-26)24(22)18-30-14-12-28(11-4-15-33-28)17-25(30)20-6-8-21(9-7-20)27(31)32/h6-10,13,16,25,29H,4,11-12,14-15,17-18H2,1-2H3,(H,31,32)/t25-,28-/m0/s1. The van der Waals surface area contributed by atoms with Gasteiger partial charge in [-0.05, 0) is 80.5 Å². The third-order valence-electron chi connectivity index (χ3n) is 7.36. The van der Waals surface area contributed by atoms with Gasteiger partial charge in [-0.25, -0.2) is 4.79 Å². The maximum absolute atomic E-state index is 11.4. The van der Waals surface area contributed by atoms with Gasteiger partial charge in [-0.3, -0.25) is 4.90 Å². The number of aryl methyl sites for hydroxylation is 1. The van der Waals surface area contributed by atoms with Crippen LogP contribution in [0.1, 0.15) is 71.3 Å². The van der Waals surface area contributed by atoms with Gasteiger partial charge in [0.25, 0.3) is 0 Å². The molecule has 2 atom stereocenters. The summed E-state index contributed by atoms with van der Waals surface area (Å²) >= 11 is 0. The van der Waals surface area contributed by atoms with Crippen LogP contribution in [0.4, 0.5) is 0 Å². The minimum Gasteiger partial charge on any atom is -0.478 e. The predicted octanol–water partition coefficient (Wildman–Crippen LogP) is 5.43. The van der Waals surface area contributed by atoms with Gasteiger partial charge in [0.1, 0.15) is 0 Å². The van der Waals surface area contributed by atoms with Crippen molar-refractivity contribution in [1.82, 2.24) is 9.88 Å². The van der Waals surface area contributed by atoms with Crippen molar-refractivity contribution in [2.75, 3.05) is 13.2 Å². The van der Waals surface area contributed by atoms with Gasteiger partial charge in [-0.2, -0.15) is 0 Å². The first-order valence-corrected chi connectivity index (χ1v) is 11.7. The number of nitrogens with zero attached hydrogens (tertiary/aromatic N) is 1. The molecular formula is C28H30N2O3. The van der Waals surface area contributed by atoms with E-state index in [0.717, 1.165) is 56.5 Å². The van der Waals surface area contributed by atoms with E-state index in [1.165, 1.54) is 22.0 Å². The average Bonchev–Trinajstić information content (AvgIpc) is 3.48. The van der Waals surface area contributed by atoms with Gasteiger partial charge in [0.2, 0.25) is 0 Å². The molecule has 5 nitrogen and oxygen atoms in total. The van der Waals surface area contributed by atoms with E-state index in [2.05, 4.69) is 40.8 Å². The number of hydrogen-bond acceptors (Lipinski definition) is 3. The third-order valence-corrected chi connectivity index (χ3v) is 7.36. The van der Waals surface area contributed by atoms with Crippen molar-refractivity contribution in [1.29, 1.82) is 0 Å². The highest BCUT2D eigenvalue weighted by molar-refractivity contribution is 5.88. The Morgan fingerprint density at radius 2 is 2.09 bits per heavy atom. The van der Waals surface area contributed by atoms with Crippen LogP contribution in [0.2, 0.25) is 0 Å². The Morgan fingerprint density at radius 1 is 1.27 bits per heavy atom. The van der Waals surface area contributed by atoms with Gasteiger partial charge in [0.05, 0.1) is 11.2 Å². The van der Waals surface area contributed by atoms with Gasteiger partial charge in [0.15, 0.2) is 0 Å². The summed E-state index contributed by atoms with van der Waals surface area (Å²) in [5.74, 6) is 5.53. The summed E-state index contributed by atoms with van der Waals surface area (Å²) in [5.41, 5.74) is 6.11. The molecule has 33 heavy (non-hydrogen) atoms. The maximum atomic E-state index is 11.4. The van der Waals surface area contributed by atoms with Crippen molar-refractivity contribution in [3.8, 4) is 11.8 Å². The number of rotatable bonds is 4. The highest BCUT2D eigenvalue weighted by atomic mass is 16.5. The first-order valence-electron chi connectivity index (χ1n) is 11.7. The van der Waals surface area contributed by atoms with E-state index < -0.39 is 5.97 Å². The number of carbonyl (C=O) groups is 1. The smallest absolute Gasteiger partial charge is 0.335 e. The summed E-state index contributed by atoms with van der Waals surface area (Å²) in [5, 5.41) is 10.6. The molecule has 2 aliphatic rings. The van der Waals surface area contributed by atoms with E-state index >= 15 is 0 Å². The number of benzene rings is 2. The molecule has 3 aromatic rings. The predicted molar refractivity (Wildman–Crippen MR) is 129 cm³/mol. The average molecular weight is 443 g/mol. The van der Waals surface area contributed by atoms with Crippen LogP contribution in [-0.4, -0.2) is 39.7 Å². The molecule has 2 fully saturated rings. The molecule has 2 saturated heterocycles. The van der Waals surface area contributed by atoms with Gasteiger partial charge in [0, 0.05) is 48.4 Å². The Labute approximate surface area is 194 Å². The molecule has 0 bridgehead atoms. The van der Waals surface area contributed by atoms with Crippen molar-refractivity contribution in [2.24, 2.45) is 0 Å². The normalized spacial score (nSPS) is 23.0. The summed E-state index contributed by atoms with van der Waals surface area (Å²) in [7, 11) is 0. The molecule has 2 N–H and O–H groups in total. The number of H-pyrrole nitrogens is 1. The second kappa shape index (κ2) is 8.70. The Morgan fingerprint density at radius 3 is 2.79 bits per heavy atom. The third kappa shape index (κ3) is 4.06. The molecule has 1 aromatic heterocycles. The molecular weight excluding hydrogens is 412 g/mol. The second-order valence-corrected chi connectivity index (χ2v) is 9.36. The number of likely N-dealkylation sites (tertiary alicyclic amines) is 1. The molecule has 2 aliphatic heterocycles. The van der Waals surface area contributed by atoms with Gasteiger partial charge in [-0.15, -0.1) is 5.92 Å². The number of carboxylic acids is 1. The van der Waals surface area contributed by atoms with Crippen molar-refractivity contribution in [2.45, 2.75) is 57.7 Å². The van der Waals surface area contributed by atoms with Crippen LogP contribution in [0.3, 0.4) is 0 Å². The van der Waals surface area contributed by atoms with Crippen LogP contribution < -0.4 is 0 Å². The largest absolute Gasteiger partial charge is 0.478 e. The number of aromatic nitrogens is 1. The Kier molecular flexibility index (Phi) is 5.74. The minimum absolute atomic E-state index is 0.0601. The van der Waals surface area contributed by atoms with Crippen molar-refractivity contribution in [3.05, 3.63) is 70.4 Å². The number of ether oxygens (including phenoxy) is 1. The van der Waals surface area contributed by atoms with Crippen LogP contribution in [-0.2, 0) is 11.3 Å². The lowest BCUT2D eigenvalue weighted by Crippen LogP contribution is -2.45. The zero-order valence-corrected chi connectivity index (χ0v) is 19.3. The van der Waals surface area contributed by atoms with E-state index in [4.69, 9.17) is 4.74 Å². The maximum Gasteiger partial charge on any atom is 0.335 e. The summed E-state index contributed by atoms with van der Waals surface area (Å²) in [6.45, 7) is 6.57. The lowest BCUT2D eigenvalue weighted by atomic mass is 9.81. The van der Waals surface area contributed by atoms with E-state index in [1.54, 1.807) is 12.1 Å². The number of fused-ring (bicyclic) bond motifs is 1. The van der Waals surface area contributed by atoms with E-state index in [1.807, 2.05) is 25.3 Å². The van der Waals surface area contributed by atoms with Crippen LogP contribution in [0.5, 0.6) is 0 Å². The second-order valence-electron chi connectivity index (χ2n) is 9.36. The fourth-order valence-electron chi connectivity index (χ4n) is 5.65. The van der Waals surface area contributed by atoms with Gasteiger partial charge < -0.3 is 14.8 Å². The number of aromatic amines is 1. The summed E-state index contributed by atoms with van der Waals surface area (Å²) < 4.78 is 6.28. The number of aromatic carboxylic acids is 1. The SMILES string of the molecule is CC#Cc1cc(C)c2[nH]ccc2c1CN1CC[C@@]2(CCCO2)C[C@H]1c1ccc(C(=O)O)cc1. The highest BCUT2D eigenvalue weighted by Crippen LogP contribution is 2.45. The number of nitrogens with one attached hydrogen (secondary N) is 1. The first kappa shape index (κ1) is 21.8.